The quantitative estimate of drug-likeness (QED) is 0.135. The van der Waals surface area contributed by atoms with Gasteiger partial charge in [-0.3, -0.25) is 5.32 Å². The lowest BCUT2D eigenvalue weighted by Gasteiger charge is -2.20. The number of carbonyl (C=O) groups excluding carboxylic acids is 1. The summed E-state index contributed by atoms with van der Waals surface area (Å²) in [5.74, 6) is -0.321. The summed E-state index contributed by atoms with van der Waals surface area (Å²) in [5, 5.41) is 6.58. The number of hydrogen-bond acceptors (Lipinski definition) is 7. The molecule has 0 aliphatic carbocycles. The van der Waals surface area contributed by atoms with Gasteiger partial charge >= 0.3 is 5.97 Å². The van der Waals surface area contributed by atoms with Crippen molar-refractivity contribution >= 4 is 5.97 Å². The van der Waals surface area contributed by atoms with E-state index < -0.39 is 0 Å². The highest BCUT2D eigenvalue weighted by Gasteiger charge is 2.16. The van der Waals surface area contributed by atoms with E-state index in [1.54, 1.807) is 0 Å². The molecular weight excluding hydrogens is 306 g/mol. The van der Waals surface area contributed by atoms with E-state index >= 15 is 0 Å². The Labute approximate surface area is 147 Å². The molecule has 0 aliphatic heterocycles. The Morgan fingerprint density at radius 1 is 1.12 bits per heavy atom. The van der Waals surface area contributed by atoms with Crippen molar-refractivity contribution in [3.8, 4) is 0 Å². The van der Waals surface area contributed by atoms with Crippen LogP contribution in [0.25, 0.3) is 0 Å². The van der Waals surface area contributed by atoms with Gasteiger partial charge in [0.1, 0.15) is 0 Å². The van der Waals surface area contributed by atoms with Crippen LogP contribution >= 0.6 is 0 Å². The van der Waals surface area contributed by atoms with E-state index in [9.17, 15) is 4.79 Å². The molecule has 0 bridgehead atoms. The van der Waals surface area contributed by atoms with Crippen LogP contribution in [0.2, 0.25) is 0 Å². The Morgan fingerprint density at radius 3 is 2.38 bits per heavy atom. The molecule has 7 nitrogen and oxygen atoms in total. The number of carbonyl (C=O) groups is 1. The molecule has 0 aromatic carbocycles. The highest BCUT2D eigenvalue weighted by Crippen LogP contribution is 2.07. The van der Waals surface area contributed by atoms with Crippen LogP contribution in [0.5, 0.6) is 0 Å². The molecule has 1 unspecified atom stereocenters. The largest absolute Gasteiger partial charge is 0.443 e. The minimum absolute atomic E-state index is 0.295. The zero-order valence-electron chi connectivity index (χ0n) is 15.5. The van der Waals surface area contributed by atoms with E-state index in [0.717, 1.165) is 51.9 Å². The normalized spacial score (nSPS) is 12.4. The molecule has 0 heterocycles. The number of hydrogen-bond donors (Lipinski definition) is 4. The maximum Gasteiger partial charge on any atom is 0.335 e. The lowest BCUT2D eigenvalue weighted by molar-refractivity contribution is -0.146. The molecule has 0 saturated carbocycles. The molecule has 1 atom stereocenters. The van der Waals surface area contributed by atoms with Gasteiger partial charge < -0.3 is 26.4 Å². The first-order valence-corrected chi connectivity index (χ1v) is 8.89. The number of esters is 1. The van der Waals surface area contributed by atoms with E-state index in [1.807, 2.05) is 19.0 Å². The molecule has 0 fully saturated rings. The SMILES string of the molecule is C=C(CCN(C)C)C(=O)OC(CCCNCCCN)NCCCN. The van der Waals surface area contributed by atoms with Gasteiger partial charge in [0.05, 0.1) is 0 Å². The second kappa shape index (κ2) is 15.5. The molecule has 0 radical (unpaired) electrons. The maximum absolute atomic E-state index is 12.1. The molecule has 24 heavy (non-hydrogen) atoms. The second-order valence-corrected chi connectivity index (χ2v) is 6.18. The third kappa shape index (κ3) is 13.4. The summed E-state index contributed by atoms with van der Waals surface area (Å²) in [4.78, 5) is 14.2. The fourth-order valence-corrected chi connectivity index (χ4v) is 2.01. The van der Waals surface area contributed by atoms with Crippen molar-refractivity contribution < 1.29 is 9.53 Å². The van der Waals surface area contributed by atoms with Crippen molar-refractivity contribution in [1.82, 2.24) is 15.5 Å². The lowest BCUT2D eigenvalue weighted by atomic mass is 10.2. The average Bonchev–Trinajstić information content (AvgIpc) is 2.55. The van der Waals surface area contributed by atoms with Crippen LogP contribution in [-0.4, -0.2) is 70.5 Å². The fourth-order valence-electron chi connectivity index (χ4n) is 2.01. The third-order valence-electron chi connectivity index (χ3n) is 3.53. The first-order valence-electron chi connectivity index (χ1n) is 8.89. The van der Waals surface area contributed by atoms with E-state index in [1.165, 1.54) is 0 Å². The minimum atomic E-state index is -0.321. The molecule has 0 spiro atoms. The third-order valence-corrected chi connectivity index (χ3v) is 3.53. The molecule has 142 valence electrons. The van der Waals surface area contributed by atoms with E-state index in [-0.39, 0.29) is 12.2 Å². The lowest BCUT2D eigenvalue weighted by Crippen LogP contribution is -2.36. The van der Waals surface area contributed by atoms with Crippen molar-refractivity contribution in [1.29, 1.82) is 0 Å². The Kier molecular flexibility index (Phi) is 14.9. The number of nitrogens with one attached hydrogen (secondary N) is 2. The molecule has 0 amide bonds. The maximum atomic E-state index is 12.1. The van der Waals surface area contributed by atoms with Crippen LogP contribution in [0.3, 0.4) is 0 Å². The van der Waals surface area contributed by atoms with Gasteiger partial charge in [0.2, 0.25) is 0 Å². The second-order valence-electron chi connectivity index (χ2n) is 6.18. The van der Waals surface area contributed by atoms with Crippen molar-refractivity contribution in [2.75, 3.05) is 53.4 Å². The summed E-state index contributed by atoms with van der Waals surface area (Å²) in [6.07, 6.45) is 3.82. The predicted octanol–water partition coefficient (Wildman–Crippen LogP) is 0.0206. The van der Waals surface area contributed by atoms with E-state index in [0.29, 0.717) is 25.1 Å². The monoisotopic (exact) mass is 343 g/mol. The van der Waals surface area contributed by atoms with Crippen LogP contribution in [0, 0.1) is 0 Å². The van der Waals surface area contributed by atoms with Gasteiger partial charge in [0.15, 0.2) is 6.23 Å². The number of ether oxygens (including phenoxy) is 1. The van der Waals surface area contributed by atoms with Crippen molar-refractivity contribution in [2.45, 2.75) is 38.3 Å². The fraction of sp³-hybridized carbons (Fsp3) is 0.824. The molecule has 0 rings (SSSR count). The van der Waals surface area contributed by atoms with Gasteiger partial charge in [-0.25, -0.2) is 4.79 Å². The minimum Gasteiger partial charge on any atom is -0.443 e. The Bertz CT molecular complexity index is 337. The van der Waals surface area contributed by atoms with Crippen molar-refractivity contribution in [2.24, 2.45) is 11.5 Å². The molecular formula is C17H37N5O2. The van der Waals surface area contributed by atoms with Crippen LogP contribution in [0.4, 0.5) is 0 Å². The summed E-state index contributed by atoms with van der Waals surface area (Å²) >= 11 is 0. The first kappa shape index (κ1) is 23.0. The Hall–Kier alpha value is -0.990. The molecule has 7 heteroatoms. The first-order chi connectivity index (χ1) is 11.5. The average molecular weight is 344 g/mol. The predicted molar refractivity (Wildman–Crippen MR) is 99.6 cm³/mol. The van der Waals surface area contributed by atoms with E-state index in [4.69, 9.17) is 16.2 Å². The highest BCUT2D eigenvalue weighted by molar-refractivity contribution is 5.87. The zero-order valence-corrected chi connectivity index (χ0v) is 15.5. The molecule has 0 saturated heterocycles. The number of nitrogens with two attached hydrogens (primary N) is 2. The Morgan fingerprint density at radius 2 is 1.75 bits per heavy atom. The zero-order chi connectivity index (χ0) is 18.2. The summed E-state index contributed by atoms with van der Waals surface area (Å²) in [6, 6.07) is 0. The smallest absolute Gasteiger partial charge is 0.335 e. The molecule has 0 aliphatic rings. The summed E-state index contributed by atoms with van der Waals surface area (Å²) in [6.45, 7) is 8.47. The van der Waals surface area contributed by atoms with E-state index in [2.05, 4.69) is 17.2 Å². The summed E-state index contributed by atoms with van der Waals surface area (Å²) in [5.41, 5.74) is 11.5. The standard InChI is InChI=1S/C17H37N5O2/c1-15(8-14-22(2)3)17(23)24-16(21-13-6-10-19)7-4-11-20-12-5-9-18/h16,20-21H,1,4-14,18-19H2,2-3H3. The molecule has 0 aromatic heterocycles. The van der Waals surface area contributed by atoms with Gasteiger partial charge in [-0.2, -0.15) is 0 Å². The topological polar surface area (TPSA) is 106 Å². The number of nitrogens with zero attached hydrogens (tertiary/aromatic N) is 1. The van der Waals surface area contributed by atoms with Crippen LogP contribution in [0.1, 0.15) is 32.1 Å². The van der Waals surface area contributed by atoms with Crippen molar-refractivity contribution in [3.63, 3.8) is 0 Å². The van der Waals surface area contributed by atoms with Gasteiger partial charge in [0.25, 0.3) is 0 Å². The number of rotatable bonds is 16. The van der Waals surface area contributed by atoms with Crippen molar-refractivity contribution in [3.05, 3.63) is 12.2 Å². The highest BCUT2D eigenvalue weighted by atomic mass is 16.6. The van der Waals surface area contributed by atoms with Gasteiger partial charge in [-0.15, -0.1) is 0 Å². The van der Waals surface area contributed by atoms with Crippen LogP contribution in [0.15, 0.2) is 12.2 Å². The van der Waals surface area contributed by atoms with Gasteiger partial charge in [-0.1, -0.05) is 6.58 Å². The summed E-state index contributed by atoms with van der Waals surface area (Å²) < 4.78 is 5.56. The molecule has 6 N–H and O–H groups in total. The van der Waals surface area contributed by atoms with Gasteiger partial charge in [-0.05, 0) is 78.9 Å². The summed E-state index contributed by atoms with van der Waals surface area (Å²) in [7, 11) is 3.93. The molecule has 0 aromatic rings. The van der Waals surface area contributed by atoms with Gasteiger partial charge in [0, 0.05) is 12.1 Å². The van der Waals surface area contributed by atoms with Crippen LogP contribution < -0.4 is 22.1 Å². The Balaban J connectivity index is 4.17. The van der Waals surface area contributed by atoms with Crippen LogP contribution in [-0.2, 0) is 9.53 Å².